The number of hydrogen-bond donors (Lipinski definition) is 0. The molecule has 0 amide bonds. The van der Waals surface area contributed by atoms with Crippen molar-refractivity contribution in [2.24, 2.45) is 0 Å². The largest absolute Gasteiger partial charge is 0.301 e. The topological polar surface area (TPSA) is 3.24 Å². The van der Waals surface area contributed by atoms with Crippen molar-refractivity contribution in [1.82, 2.24) is 0 Å². The molecule has 2 aromatic heterocycles. The van der Waals surface area contributed by atoms with Crippen LogP contribution in [0, 0.1) is 0 Å². The number of para-hydroxylation sites is 2. The summed E-state index contributed by atoms with van der Waals surface area (Å²) >= 11 is 3.66. The second-order valence-corrected chi connectivity index (χ2v) is 7.53. The molecule has 1 aliphatic rings. The van der Waals surface area contributed by atoms with Gasteiger partial charge in [0.15, 0.2) is 0 Å². The number of fused-ring (bicyclic) bond motifs is 3. The first-order valence-corrected chi connectivity index (χ1v) is 9.23. The van der Waals surface area contributed by atoms with Gasteiger partial charge in [-0.2, -0.15) is 0 Å². The lowest BCUT2D eigenvalue weighted by atomic mass is 10.1. The van der Waals surface area contributed by atoms with Crippen molar-refractivity contribution in [2.45, 2.75) is 0 Å². The molecule has 4 aromatic rings. The van der Waals surface area contributed by atoms with E-state index in [1.807, 2.05) is 22.7 Å². The van der Waals surface area contributed by atoms with Crippen LogP contribution in [0.5, 0.6) is 0 Å². The zero-order valence-electron chi connectivity index (χ0n) is 12.3. The maximum absolute atomic E-state index is 2.39. The Bertz CT molecular complexity index is 960. The molecule has 3 heterocycles. The molecule has 0 saturated carbocycles. The molecule has 0 spiro atoms. The predicted molar refractivity (Wildman–Crippen MR) is 103 cm³/mol. The Morgan fingerprint density at radius 1 is 0.696 bits per heavy atom. The van der Waals surface area contributed by atoms with E-state index >= 15 is 0 Å². The maximum Gasteiger partial charge on any atom is 0.102 e. The number of benzene rings is 2. The van der Waals surface area contributed by atoms with Crippen LogP contribution in [0.2, 0.25) is 0 Å². The van der Waals surface area contributed by atoms with Crippen LogP contribution >= 0.6 is 22.7 Å². The highest BCUT2D eigenvalue weighted by Crippen LogP contribution is 2.46. The van der Waals surface area contributed by atoms with E-state index < -0.39 is 0 Å². The van der Waals surface area contributed by atoms with Gasteiger partial charge < -0.3 is 4.90 Å². The van der Waals surface area contributed by atoms with E-state index in [4.69, 9.17) is 0 Å². The van der Waals surface area contributed by atoms with E-state index in [9.17, 15) is 0 Å². The molecule has 0 bridgehead atoms. The summed E-state index contributed by atoms with van der Waals surface area (Å²) in [5.74, 6) is 0. The molecule has 0 aliphatic carbocycles. The van der Waals surface area contributed by atoms with E-state index in [1.54, 1.807) is 0 Å². The minimum atomic E-state index is 1.24. The Morgan fingerprint density at radius 3 is 2.00 bits per heavy atom. The number of hydrogen-bond acceptors (Lipinski definition) is 3. The van der Waals surface area contributed by atoms with Gasteiger partial charge in [0.25, 0.3) is 0 Å². The smallest absolute Gasteiger partial charge is 0.102 e. The molecule has 1 aliphatic heterocycles. The van der Waals surface area contributed by atoms with Gasteiger partial charge in [0, 0.05) is 9.40 Å². The third-order valence-corrected chi connectivity index (χ3v) is 6.22. The van der Waals surface area contributed by atoms with Crippen LogP contribution in [0.4, 0.5) is 16.4 Å². The first kappa shape index (κ1) is 13.1. The van der Waals surface area contributed by atoms with Crippen LogP contribution in [0.15, 0.2) is 66.0 Å². The first-order chi connectivity index (χ1) is 11.4. The molecule has 2 aromatic carbocycles. The molecule has 1 nitrogen and oxygen atoms in total. The first-order valence-electron chi connectivity index (χ1n) is 7.53. The Kier molecular flexibility index (Phi) is 2.90. The third kappa shape index (κ3) is 2.05. The van der Waals surface area contributed by atoms with Crippen molar-refractivity contribution in [3.63, 3.8) is 0 Å². The summed E-state index contributed by atoms with van der Waals surface area (Å²) < 4.78 is 2.72. The van der Waals surface area contributed by atoms with Crippen LogP contribution < -0.4 is 4.90 Å². The average molecular weight is 331 g/mol. The van der Waals surface area contributed by atoms with Crippen molar-refractivity contribution in [3.05, 3.63) is 77.2 Å². The van der Waals surface area contributed by atoms with Gasteiger partial charge >= 0.3 is 0 Å². The molecule has 0 N–H and O–H groups in total. The number of nitrogens with zero attached hydrogens (tertiary/aromatic N) is 1. The fraction of sp³-hybridized carbons (Fsp3) is 0. The summed E-state index contributed by atoms with van der Waals surface area (Å²) in [5, 5.41) is 3.44. The molecular weight excluding hydrogens is 318 g/mol. The molecule has 110 valence electrons. The monoisotopic (exact) mass is 331 g/mol. The summed E-state index contributed by atoms with van der Waals surface area (Å²) in [4.78, 5) is 2.39. The summed E-state index contributed by atoms with van der Waals surface area (Å²) in [7, 11) is 0. The number of rotatable bonds is 1. The normalized spacial score (nSPS) is 13.0. The Labute approximate surface area is 142 Å². The van der Waals surface area contributed by atoms with Gasteiger partial charge in [-0.3, -0.25) is 0 Å². The van der Waals surface area contributed by atoms with E-state index in [2.05, 4.69) is 83.1 Å². The minimum absolute atomic E-state index is 1.24. The van der Waals surface area contributed by atoms with Gasteiger partial charge in [-0.15, -0.1) is 22.7 Å². The molecule has 0 saturated heterocycles. The van der Waals surface area contributed by atoms with E-state index in [-0.39, 0.29) is 0 Å². The molecule has 3 heteroatoms. The quantitative estimate of drug-likeness (QED) is 0.322. The molecule has 0 radical (unpaired) electrons. The Morgan fingerprint density at radius 2 is 1.35 bits per heavy atom. The highest BCUT2D eigenvalue weighted by molar-refractivity contribution is 7.29. The lowest BCUT2D eigenvalue weighted by Gasteiger charge is -2.25. The summed E-state index contributed by atoms with van der Waals surface area (Å²) in [6.45, 7) is 0. The van der Waals surface area contributed by atoms with Crippen LogP contribution in [-0.4, -0.2) is 0 Å². The molecule has 5 rings (SSSR count). The second kappa shape index (κ2) is 5.08. The van der Waals surface area contributed by atoms with Crippen molar-refractivity contribution in [3.8, 4) is 0 Å². The fourth-order valence-electron chi connectivity index (χ4n) is 3.07. The van der Waals surface area contributed by atoms with Crippen LogP contribution in [0.1, 0.15) is 11.1 Å². The average Bonchev–Trinajstić information content (AvgIpc) is 3.13. The highest BCUT2D eigenvalue weighted by Gasteiger charge is 2.21. The predicted octanol–water partition coefficient (Wildman–Crippen LogP) is 6.92. The van der Waals surface area contributed by atoms with Gasteiger partial charge in [-0.25, -0.2) is 0 Å². The van der Waals surface area contributed by atoms with Gasteiger partial charge in [0.1, 0.15) is 5.00 Å². The van der Waals surface area contributed by atoms with Crippen LogP contribution in [-0.2, 0) is 0 Å². The van der Waals surface area contributed by atoms with Gasteiger partial charge in [0.05, 0.1) is 11.4 Å². The number of anilines is 3. The molecule has 0 atom stereocenters. The van der Waals surface area contributed by atoms with Crippen LogP contribution in [0.3, 0.4) is 0 Å². The lowest BCUT2D eigenvalue weighted by Crippen LogP contribution is -2.09. The highest BCUT2D eigenvalue weighted by atomic mass is 32.1. The summed E-state index contributed by atoms with van der Waals surface area (Å²) in [6, 6.07) is 21.7. The van der Waals surface area contributed by atoms with E-state index in [0.29, 0.717) is 0 Å². The minimum Gasteiger partial charge on any atom is -0.301 e. The SMILES string of the molecule is C1=Cc2ccccc2N(c2cc3sccc3s2)c2ccccc21. The zero-order chi connectivity index (χ0) is 15.2. The zero-order valence-corrected chi connectivity index (χ0v) is 13.9. The standard InChI is InChI=1S/C20H13NS2/c1-3-7-16-14(5-1)9-10-15-6-2-4-8-17(15)21(16)20-13-19-18(23-20)11-12-22-19/h1-13H. The van der Waals surface area contributed by atoms with Gasteiger partial charge in [-0.1, -0.05) is 48.6 Å². The molecule has 0 unspecified atom stereocenters. The Balaban J connectivity index is 1.81. The van der Waals surface area contributed by atoms with Crippen molar-refractivity contribution in [1.29, 1.82) is 0 Å². The third-order valence-electron chi connectivity index (χ3n) is 4.14. The van der Waals surface area contributed by atoms with Crippen molar-refractivity contribution < 1.29 is 0 Å². The second-order valence-electron chi connectivity index (χ2n) is 5.52. The van der Waals surface area contributed by atoms with Crippen molar-refractivity contribution in [2.75, 3.05) is 4.90 Å². The van der Waals surface area contributed by atoms with Gasteiger partial charge in [-0.05, 0) is 40.8 Å². The maximum atomic E-state index is 2.39. The van der Waals surface area contributed by atoms with E-state index in [0.717, 1.165) is 0 Å². The van der Waals surface area contributed by atoms with Crippen molar-refractivity contribution >= 4 is 60.6 Å². The van der Waals surface area contributed by atoms with E-state index in [1.165, 1.54) is 36.9 Å². The molecule has 0 fully saturated rings. The molecular formula is C20H13NS2. The number of thiophene rings is 2. The fourth-order valence-corrected chi connectivity index (χ4v) is 5.20. The summed E-state index contributed by atoms with van der Waals surface area (Å²) in [6.07, 6.45) is 4.42. The molecule has 23 heavy (non-hydrogen) atoms. The lowest BCUT2D eigenvalue weighted by molar-refractivity contribution is 1.31. The Hall–Kier alpha value is -2.36. The van der Waals surface area contributed by atoms with Gasteiger partial charge in [0.2, 0.25) is 0 Å². The summed E-state index contributed by atoms with van der Waals surface area (Å²) in [5.41, 5.74) is 4.98. The van der Waals surface area contributed by atoms with Crippen LogP contribution in [0.25, 0.3) is 21.6 Å².